The van der Waals surface area contributed by atoms with Crippen molar-refractivity contribution in [3.05, 3.63) is 59.2 Å². The van der Waals surface area contributed by atoms with E-state index in [0.29, 0.717) is 22.6 Å². The average molecular weight is 377 g/mol. The fourth-order valence-electron chi connectivity index (χ4n) is 2.55. The van der Waals surface area contributed by atoms with Crippen molar-refractivity contribution >= 4 is 19.5 Å². The predicted molar refractivity (Wildman–Crippen MR) is 91.3 cm³/mol. The fourth-order valence-corrected chi connectivity index (χ4v) is 3.86. The largest absolute Gasteiger partial charge is 0.457 e. The van der Waals surface area contributed by atoms with E-state index in [1.165, 1.54) is 38.5 Å². The van der Waals surface area contributed by atoms with Gasteiger partial charge in [-0.25, -0.2) is 4.79 Å². The van der Waals surface area contributed by atoms with Gasteiger partial charge in [-0.15, -0.1) is 0 Å². The summed E-state index contributed by atoms with van der Waals surface area (Å²) in [4.78, 5) is 23.1. The second-order valence-electron chi connectivity index (χ2n) is 5.40. The first kappa shape index (κ1) is 18.1. The van der Waals surface area contributed by atoms with Crippen LogP contribution in [0.1, 0.15) is 32.1 Å². The highest BCUT2D eigenvalue weighted by atomic mass is 31.2. The number of fused-ring (bicyclic) bond motifs is 1. The van der Waals surface area contributed by atoms with E-state index in [2.05, 4.69) is 0 Å². The van der Waals surface area contributed by atoms with E-state index >= 15 is 0 Å². The Labute approximate surface area is 149 Å². The van der Waals surface area contributed by atoms with E-state index in [1.54, 1.807) is 18.2 Å². The number of hydrogen-bond donors (Lipinski definition) is 1. The molecule has 136 valence electrons. The Hall–Kier alpha value is -2.67. The first-order valence-electron chi connectivity index (χ1n) is 7.52. The summed E-state index contributed by atoms with van der Waals surface area (Å²) in [5.74, 6) is -1.48. The van der Waals surface area contributed by atoms with Gasteiger partial charge < -0.3 is 24.3 Å². The zero-order valence-electron chi connectivity index (χ0n) is 14.0. The number of primary amides is 1. The smallest absolute Gasteiger partial charge is 0.375 e. The summed E-state index contributed by atoms with van der Waals surface area (Å²) in [6.07, 6.45) is 0. The van der Waals surface area contributed by atoms with E-state index in [-0.39, 0.29) is 5.56 Å². The van der Waals surface area contributed by atoms with Crippen molar-refractivity contribution in [1.82, 2.24) is 0 Å². The standard InChI is InChI=1S/C17H16NO7P/c1-22-26(21,23-2)17-14-9-12(7-8-13(14)16(20)25-17)24-11-5-3-10(4-6-11)15(18)19/h3-9,17H,1-2H3,(H2,18,19). The molecule has 0 aromatic heterocycles. The highest BCUT2D eigenvalue weighted by Crippen LogP contribution is 2.63. The van der Waals surface area contributed by atoms with Crippen LogP contribution in [0.2, 0.25) is 0 Å². The van der Waals surface area contributed by atoms with Gasteiger partial charge in [-0.3, -0.25) is 9.36 Å². The Kier molecular flexibility index (Phi) is 4.82. The summed E-state index contributed by atoms with van der Waals surface area (Å²) < 4.78 is 33.4. The van der Waals surface area contributed by atoms with Crippen LogP contribution in [-0.2, 0) is 18.3 Å². The summed E-state index contributed by atoms with van der Waals surface area (Å²) in [6.45, 7) is 0. The SMILES string of the molecule is COP(=O)(OC)C1OC(=O)c2ccc(Oc3ccc(C(N)=O)cc3)cc21. The third-order valence-electron chi connectivity index (χ3n) is 3.90. The normalized spacial score (nSPS) is 16.1. The van der Waals surface area contributed by atoms with Crippen molar-refractivity contribution < 1.29 is 32.7 Å². The highest BCUT2D eigenvalue weighted by molar-refractivity contribution is 7.54. The molecule has 0 saturated carbocycles. The number of amides is 1. The summed E-state index contributed by atoms with van der Waals surface area (Å²) in [5.41, 5.74) is 6.17. The van der Waals surface area contributed by atoms with E-state index in [1.807, 2.05) is 0 Å². The average Bonchev–Trinajstić information content (AvgIpc) is 2.98. The molecule has 8 nitrogen and oxygen atoms in total. The third kappa shape index (κ3) is 3.22. The van der Waals surface area contributed by atoms with Crippen LogP contribution >= 0.6 is 7.60 Å². The lowest BCUT2D eigenvalue weighted by Gasteiger charge is -2.20. The number of carbonyl (C=O) groups excluding carboxylic acids is 2. The lowest BCUT2D eigenvalue weighted by atomic mass is 10.1. The third-order valence-corrected chi connectivity index (χ3v) is 5.87. The van der Waals surface area contributed by atoms with Crippen molar-refractivity contribution in [3.8, 4) is 11.5 Å². The number of carbonyl (C=O) groups is 2. The van der Waals surface area contributed by atoms with Gasteiger partial charge in [-0.05, 0) is 42.5 Å². The van der Waals surface area contributed by atoms with Crippen LogP contribution in [0, 0.1) is 0 Å². The number of nitrogens with two attached hydrogens (primary N) is 1. The monoisotopic (exact) mass is 377 g/mol. The molecule has 26 heavy (non-hydrogen) atoms. The van der Waals surface area contributed by atoms with Gasteiger partial charge in [0.15, 0.2) is 0 Å². The summed E-state index contributed by atoms with van der Waals surface area (Å²) in [6, 6.07) is 10.9. The maximum atomic E-state index is 12.6. The van der Waals surface area contributed by atoms with Crippen LogP contribution < -0.4 is 10.5 Å². The Balaban J connectivity index is 1.91. The number of benzene rings is 2. The van der Waals surface area contributed by atoms with Gasteiger partial charge in [0.25, 0.3) is 0 Å². The molecule has 1 atom stereocenters. The lowest BCUT2D eigenvalue weighted by molar-refractivity contribution is 0.0456. The molecule has 9 heteroatoms. The molecule has 2 aromatic rings. The molecule has 3 rings (SSSR count). The van der Waals surface area contributed by atoms with Gasteiger partial charge in [-0.1, -0.05) is 0 Å². The number of cyclic esters (lactones) is 1. The topological polar surface area (TPSA) is 114 Å². The van der Waals surface area contributed by atoms with Gasteiger partial charge in [0.2, 0.25) is 11.8 Å². The molecule has 0 spiro atoms. The second kappa shape index (κ2) is 6.92. The molecular weight excluding hydrogens is 361 g/mol. The molecular formula is C17H16NO7P. The molecule has 1 heterocycles. The van der Waals surface area contributed by atoms with Gasteiger partial charge in [0, 0.05) is 25.3 Å². The fraction of sp³-hybridized carbons (Fsp3) is 0.176. The quantitative estimate of drug-likeness (QED) is 0.607. The first-order chi connectivity index (χ1) is 12.4. The summed E-state index contributed by atoms with van der Waals surface area (Å²) in [5, 5.41) is 0. The maximum absolute atomic E-state index is 12.6. The molecule has 2 N–H and O–H groups in total. The lowest BCUT2D eigenvalue weighted by Crippen LogP contribution is -2.10. The van der Waals surface area contributed by atoms with E-state index in [0.717, 1.165) is 0 Å². The molecule has 0 radical (unpaired) electrons. The minimum atomic E-state index is -3.67. The second-order valence-corrected chi connectivity index (χ2v) is 7.68. The minimum absolute atomic E-state index is 0.265. The summed E-state index contributed by atoms with van der Waals surface area (Å²) >= 11 is 0. The first-order valence-corrected chi connectivity index (χ1v) is 9.13. The zero-order valence-corrected chi connectivity index (χ0v) is 14.9. The van der Waals surface area contributed by atoms with Crippen LogP contribution in [0.5, 0.6) is 11.5 Å². The highest BCUT2D eigenvalue weighted by Gasteiger charge is 2.45. The molecule has 1 aliphatic rings. The van der Waals surface area contributed by atoms with Crippen molar-refractivity contribution in [2.24, 2.45) is 5.73 Å². The van der Waals surface area contributed by atoms with Gasteiger partial charge in [-0.2, -0.15) is 0 Å². The van der Waals surface area contributed by atoms with Crippen molar-refractivity contribution in [2.75, 3.05) is 14.2 Å². The number of ether oxygens (including phenoxy) is 2. The Morgan fingerprint density at radius 1 is 1.08 bits per heavy atom. The Morgan fingerprint density at radius 3 is 2.27 bits per heavy atom. The molecule has 0 bridgehead atoms. The molecule has 0 saturated heterocycles. The van der Waals surface area contributed by atoms with Crippen molar-refractivity contribution in [1.29, 1.82) is 0 Å². The van der Waals surface area contributed by atoms with E-state index in [4.69, 9.17) is 24.3 Å². The molecule has 0 aliphatic carbocycles. The van der Waals surface area contributed by atoms with Crippen molar-refractivity contribution in [3.63, 3.8) is 0 Å². The molecule has 1 amide bonds. The zero-order chi connectivity index (χ0) is 18.9. The summed E-state index contributed by atoms with van der Waals surface area (Å²) in [7, 11) is -1.23. The van der Waals surface area contributed by atoms with Crippen LogP contribution in [0.3, 0.4) is 0 Å². The Bertz CT molecular complexity index is 902. The predicted octanol–water partition coefficient (Wildman–Crippen LogP) is 3.23. The number of rotatable bonds is 6. The van der Waals surface area contributed by atoms with Crippen LogP contribution in [-0.4, -0.2) is 26.1 Å². The van der Waals surface area contributed by atoms with Crippen LogP contribution in [0.4, 0.5) is 0 Å². The van der Waals surface area contributed by atoms with Gasteiger partial charge >= 0.3 is 13.6 Å². The molecule has 2 aromatic carbocycles. The number of hydrogen-bond acceptors (Lipinski definition) is 7. The van der Waals surface area contributed by atoms with Gasteiger partial charge in [0.1, 0.15) is 11.5 Å². The van der Waals surface area contributed by atoms with E-state index in [9.17, 15) is 14.2 Å². The Morgan fingerprint density at radius 2 is 1.69 bits per heavy atom. The number of esters is 1. The van der Waals surface area contributed by atoms with E-state index < -0.39 is 25.3 Å². The van der Waals surface area contributed by atoms with Crippen LogP contribution in [0.15, 0.2) is 42.5 Å². The molecule has 1 aliphatic heterocycles. The molecule has 0 fully saturated rings. The maximum Gasteiger partial charge on any atom is 0.375 e. The molecule has 1 unspecified atom stereocenters. The minimum Gasteiger partial charge on any atom is -0.457 e. The van der Waals surface area contributed by atoms with Crippen LogP contribution in [0.25, 0.3) is 0 Å². The van der Waals surface area contributed by atoms with Crippen molar-refractivity contribution in [2.45, 2.75) is 5.85 Å². The van der Waals surface area contributed by atoms with Gasteiger partial charge in [0.05, 0.1) is 5.56 Å².